The van der Waals surface area contributed by atoms with Gasteiger partial charge in [-0.25, -0.2) is 0 Å². The van der Waals surface area contributed by atoms with Gasteiger partial charge in [0.2, 0.25) is 5.75 Å². The monoisotopic (exact) mass is 212 g/mol. The first kappa shape index (κ1) is 11.0. The Kier molecular flexibility index (Phi) is 2.94. The number of phenols is 2. The van der Waals surface area contributed by atoms with Crippen LogP contribution in [0.2, 0.25) is 0 Å². The Morgan fingerprint density at radius 3 is 2.27 bits per heavy atom. The van der Waals surface area contributed by atoms with Crippen molar-refractivity contribution in [2.24, 2.45) is 0 Å². The quantitative estimate of drug-likeness (QED) is 0.524. The molecule has 0 atom stereocenters. The molecule has 0 aliphatic heterocycles. The highest BCUT2D eigenvalue weighted by Gasteiger charge is 2.20. The Labute approximate surface area is 86.8 Å². The van der Waals surface area contributed by atoms with Crippen molar-refractivity contribution < 1.29 is 24.8 Å². The molecule has 82 valence electrons. The van der Waals surface area contributed by atoms with Gasteiger partial charge in [-0.3, -0.25) is 0 Å². The van der Waals surface area contributed by atoms with E-state index in [1.807, 2.05) is 0 Å². The Balaban J connectivity index is 3.53. The molecule has 1 aromatic carbocycles. The largest absolute Gasteiger partial charge is 0.508 e. The summed E-state index contributed by atoms with van der Waals surface area (Å²) in [6, 6.07) is 1.16. The van der Waals surface area contributed by atoms with Crippen LogP contribution >= 0.6 is 0 Å². The van der Waals surface area contributed by atoms with Crippen LogP contribution in [0.1, 0.15) is 5.56 Å². The summed E-state index contributed by atoms with van der Waals surface area (Å²) in [7, 11) is 2.63. The number of hydrogen-bond acceptors (Lipinski definition) is 5. The highest BCUT2D eigenvalue weighted by atomic mass is 16.5. The normalized spacial score (nSPS) is 9.73. The van der Waals surface area contributed by atoms with Crippen LogP contribution < -0.4 is 9.47 Å². The fourth-order valence-corrected chi connectivity index (χ4v) is 1.24. The lowest BCUT2D eigenvalue weighted by molar-refractivity contribution is 0.331. The number of aliphatic hydroxyl groups excluding tert-OH is 1. The number of phenolic OH excluding ortho intramolecular Hbond substituents is 2. The van der Waals surface area contributed by atoms with Crippen LogP contribution in [-0.4, -0.2) is 29.5 Å². The second-order valence-corrected chi connectivity index (χ2v) is 2.80. The van der Waals surface area contributed by atoms with Crippen LogP contribution in [0.5, 0.6) is 23.0 Å². The lowest BCUT2D eigenvalue weighted by Gasteiger charge is -2.13. The maximum Gasteiger partial charge on any atom is 0.201 e. The first-order valence-electron chi connectivity index (χ1n) is 4.08. The molecule has 0 aliphatic rings. The molecule has 0 spiro atoms. The molecule has 1 aromatic rings. The Morgan fingerprint density at radius 2 is 1.87 bits per heavy atom. The third-order valence-corrected chi connectivity index (χ3v) is 1.91. The molecular formula is C10H12O5. The molecule has 0 amide bonds. The second kappa shape index (κ2) is 4.00. The molecule has 0 fully saturated rings. The number of rotatable bonds is 3. The van der Waals surface area contributed by atoms with Crippen LogP contribution in [0.4, 0.5) is 0 Å². The van der Waals surface area contributed by atoms with E-state index in [2.05, 4.69) is 6.58 Å². The summed E-state index contributed by atoms with van der Waals surface area (Å²) in [6.07, 6.45) is 0. The molecular weight excluding hydrogens is 200 g/mol. The second-order valence-electron chi connectivity index (χ2n) is 2.80. The molecule has 3 N–H and O–H groups in total. The summed E-state index contributed by atoms with van der Waals surface area (Å²) < 4.78 is 9.65. The number of aromatic hydroxyl groups is 2. The average Bonchev–Trinajstić information content (AvgIpc) is 2.19. The van der Waals surface area contributed by atoms with E-state index >= 15 is 0 Å². The van der Waals surface area contributed by atoms with Gasteiger partial charge in [0, 0.05) is 6.07 Å². The number of ether oxygens (including phenoxy) is 2. The van der Waals surface area contributed by atoms with Gasteiger partial charge in [-0.05, 0) is 0 Å². The summed E-state index contributed by atoms with van der Waals surface area (Å²) in [5, 5.41) is 28.4. The average molecular weight is 212 g/mol. The maximum atomic E-state index is 9.63. The SMILES string of the molecule is C=C(O)c1c(O)cc(OC)c(O)c1OC. The number of benzene rings is 1. The molecule has 5 heteroatoms. The Hall–Kier alpha value is -2.04. The van der Waals surface area contributed by atoms with Crippen LogP contribution in [-0.2, 0) is 0 Å². The maximum absolute atomic E-state index is 9.63. The van der Waals surface area contributed by atoms with Gasteiger partial charge in [-0.2, -0.15) is 0 Å². The lowest BCUT2D eigenvalue weighted by atomic mass is 10.1. The molecule has 5 nitrogen and oxygen atoms in total. The highest BCUT2D eigenvalue weighted by molar-refractivity contribution is 5.74. The predicted molar refractivity (Wildman–Crippen MR) is 54.5 cm³/mol. The van der Waals surface area contributed by atoms with Crippen molar-refractivity contribution in [3.63, 3.8) is 0 Å². The topological polar surface area (TPSA) is 79.2 Å². The summed E-state index contributed by atoms with van der Waals surface area (Å²) in [4.78, 5) is 0. The van der Waals surface area contributed by atoms with E-state index < -0.39 is 5.76 Å². The predicted octanol–water partition coefficient (Wildman–Crippen LogP) is 1.64. The molecule has 15 heavy (non-hydrogen) atoms. The van der Waals surface area contributed by atoms with E-state index in [-0.39, 0.29) is 28.6 Å². The smallest absolute Gasteiger partial charge is 0.201 e. The third-order valence-electron chi connectivity index (χ3n) is 1.91. The van der Waals surface area contributed by atoms with Gasteiger partial charge in [0.15, 0.2) is 11.5 Å². The van der Waals surface area contributed by atoms with E-state index in [0.29, 0.717) is 0 Å². The lowest BCUT2D eigenvalue weighted by Crippen LogP contribution is -1.94. The first-order valence-corrected chi connectivity index (χ1v) is 4.08. The molecule has 0 aromatic heterocycles. The molecule has 0 radical (unpaired) electrons. The minimum atomic E-state index is -0.401. The van der Waals surface area contributed by atoms with E-state index in [0.717, 1.165) is 6.07 Å². The molecule has 0 unspecified atom stereocenters. The molecule has 0 saturated heterocycles. The van der Waals surface area contributed by atoms with Crippen molar-refractivity contribution >= 4 is 5.76 Å². The fourth-order valence-electron chi connectivity index (χ4n) is 1.24. The van der Waals surface area contributed by atoms with Crippen LogP contribution in [0.15, 0.2) is 12.6 Å². The molecule has 0 bridgehead atoms. The summed E-state index contributed by atoms with van der Waals surface area (Å²) in [5.41, 5.74) is -0.0594. The van der Waals surface area contributed by atoms with Gasteiger partial charge < -0.3 is 24.8 Å². The van der Waals surface area contributed by atoms with Gasteiger partial charge in [-0.15, -0.1) is 0 Å². The van der Waals surface area contributed by atoms with Gasteiger partial charge in [0.1, 0.15) is 17.1 Å². The van der Waals surface area contributed by atoms with E-state index in [9.17, 15) is 15.3 Å². The third kappa shape index (κ3) is 1.76. The van der Waals surface area contributed by atoms with Crippen molar-refractivity contribution in [2.75, 3.05) is 14.2 Å². The molecule has 0 aliphatic carbocycles. The zero-order chi connectivity index (χ0) is 11.6. The highest BCUT2D eigenvalue weighted by Crippen LogP contribution is 2.45. The number of aliphatic hydroxyl groups is 1. The summed E-state index contributed by atoms with van der Waals surface area (Å²) in [5.74, 6) is -1.02. The molecule has 0 saturated carbocycles. The number of methoxy groups -OCH3 is 2. The minimum absolute atomic E-state index is 0.0503. The van der Waals surface area contributed by atoms with Crippen molar-refractivity contribution in [3.05, 3.63) is 18.2 Å². The van der Waals surface area contributed by atoms with E-state index in [1.54, 1.807) is 0 Å². The van der Waals surface area contributed by atoms with Gasteiger partial charge >= 0.3 is 0 Å². The van der Waals surface area contributed by atoms with Crippen molar-refractivity contribution in [1.82, 2.24) is 0 Å². The summed E-state index contributed by atoms with van der Waals surface area (Å²) >= 11 is 0. The zero-order valence-electron chi connectivity index (χ0n) is 8.44. The van der Waals surface area contributed by atoms with Gasteiger partial charge in [0.05, 0.1) is 14.2 Å². The van der Waals surface area contributed by atoms with Crippen molar-refractivity contribution in [3.8, 4) is 23.0 Å². The van der Waals surface area contributed by atoms with Crippen molar-refractivity contribution in [1.29, 1.82) is 0 Å². The van der Waals surface area contributed by atoms with Gasteiger partial charge in [0.25, 0.3) is 0 Å². The van der Waals surface area contributed by atoms with Crippen LogP contribution in [0.3, 0.4) is 0 Å². The first-order chi connectivity index (χ1) is 7.02. The fraction of sp³-hybridized carbons (Fsp3) is 0.200. The van der Waals surface area contributed by atoms with Gasteiger partial charge in [-0.1, -0.05) is 6.58 Å². The van der Waals surface area contributed by atoms with Crippen LogP contribution in [0.25, 0.3) is 5.76 Å². The zero-order valence-corrected chi connectivity index (χ0v) is 8.44. The Morgan fingerprint density at radius 1 is 1.27 bits per heavy atom. The Bertz CT molecular complexity index is 397. The van der Waals surface area contributed by atoms with Crippen LogP contribution in [0, 0.1) is 0 Å². The summed E-state index contributed by atoms with van der Waals surface area (Å²) in [6.45, 7) is 3.26. The standard InChI is InChI=1S/C10H12O5/c1-5(11)8-6(12)4-7(14-2)9(13)10(8)15-3/h4,11-13H,1H2,2-3H3. The minimum Gasteiger partial charge on any atom is -0.508 e. The number of hydrogen-bond donors (Lipinski definition) is 3. The molecule has 1 rings (SSSR count). The van der Waals surface area contributed by atoms with E-state index in [4.69, 9.17) is 9.47 Å². The van der Waals surface area contributed by atoms with Crippen molar-refractivity contribution in [2.45, 2.75) is 0 Å². The van der Waals surface area contributed by atoms with E-state index in [1.165, 1.54) is 14.2 Å². The molecule has 0 heterocycles.